The molecule has 0 aliphatic carbocycles. The average molecular weight is 380 g/mol. The Morgan fingerprint density at radius 1 is 1.25 bits per heavy atom. The predicted octanol–water partition coefficient (Wildman–Crippen LogP) is 4.43. The van der Waals surface area contributed by atoms with E-state index in [0.29, 0.717) is 11.9 Å². The normalized spacial score (nSPS) is 17.8. The maximum absolute atomic E-state index is 6.02. The van der Waals surface area contributed by atoms with E-state index in [9.17, 15) is 0 Å². The first kappa shape index (κ1) is 18.7. The van der Waals surface area contributed by atoms with Gasteiger partial charge < -0.3 is 13.7 Å². The summed E-state index contributed by atoms with van der Waals surface area (Å²) in [5.74, 6) is 3.56. The largest absolute Gasteiger partial charge is 0.496 e. The molecular formula is C22H28N4O2. The molecule has 3 heterocycles. The highest BCUT2D eigenvalue weighted by atomic mass is 16.5. The number of hydrogen-bond donors (Lipinski definition) is 0. The molecule has 3 aromatic rings. The number of imidazole rings is 1. The van der Waals surface area contributed by atoms with Crippen LogP contribution in [0.3, 0.4) is 0 Å². The number of oxazole rings is 1. The van der Waals surface area contributed by atoms with Gasteiger partial charge in [0.2, 0.25) is 5.89 Å². The molecule has 0 saturated carbocycles. The highest BCUT2D eigenvalue weighted by Crippen LogP contribution is 2.33. The summed E-state index contributed by atoms with van der Waals surface area (Å²) in [7, 11) is 3.76. The van der Waals surface area contributed by atoms with Crippen molar-refractivity contribution in [3.05, 3.63) is 53.4 Å². The van der Waals surface area contributed by atoms with Gasteiger partial charge in [-0.2, -0.15) is 0 Å². The van der Waals surface area contributed by atoms with E-state index in [2.05, 4.69) is 27.6 Å². The van der Waals surface area contributed by atoms with Crippen molar-refractivity contribution < 1.29 is 9.15 Å². The highest BCUT2D eigenvalue weighted by Gasteiger charge is 2.28. The first-order chi connectivity index (χ1) is 13.6. The lowest BCUT2D eigenvalue weighted by Crippen LogP contribution is -2.34. The Hall–Kier alpha value is -2.60. The van der Waals surface area contributed by atoms with Gasteiger partial charge in [0, 0.05) is 31.5 Å². The van der Waals surface area contributed by atoms with Gasteiger partial charge in [-0.05, 0) is 57.0 Å². The van der Waals surface area contributed by atoms with E-state index in [4.69, 9.17) is 14.1 Å². The SMILES string of the molecule is COc1ccc(-c2nc(CN3CCCCC3c3nccn3C)c(C)o2)cc1C. The molecule has 4 rings (SSSR count). The third-order valence-electron chi connectivity index (χ3n) is 5.66. The Morgan fingerprint density at radius 2 is 2.11 bits per heavy atom. The smallest absolute Gasteiger partial charge is 0.226 e. The maximum Gasteiger partial charge on any atom is 0.226 e. The van der Waals surface area contributed by atoms with Crippen molar-refractivity contribution in [3.63, 3.8) is 0 Å². The second-order valence-corrected chi connectivity index (χ2v) is 7.58. The molecule has 1 aromatic carbocycles. The number of likely N-dealkylation sites (tertiary alicyclic amines) is 1. The molecule has 2 aromatic heterocycles. The molecular weight excluding hydrogens is 352 g/mol. The fourth-order valence-electron chi connectivity index (χ4n) is 4.07. The minimum Gasteiger partial charge on any atom is -0.496 e. The summed E-state index contributed by atoms with van der Waals surface area (Å²) < 4.78 is 13.5. The van der Waals surface area contributed by atoms with Gasteiger partial charge in [0.1, 0.15) is 17.3 Å². The van der Waals surface area contributed by atoms with Crippen LogP contribution in [0.4, 0.5) is 0 Å². The minimum atomic E-state index is 0.330. The Morgan fingerprint density at radius 3 is 2.82 bits per heavy atom. The summed E-state index contributed by atoms with van der Waals surface area (Å²) in [4.78, 5) is 11.9. The highest BCUT2D eigenvalue weighted by molar-refractivity contribution is 5.57. The standard InChI is InChI=1S/C22H28N4O2/c1-15-13-17(8-9-20(15)27-4)22-24-18(16(2)28-22)14-26-11-6-5-7-19(26)21-23-10-12-25(21)3/h8-10,12-13,19H,5-7,11,14H2,1-4H3. The Kier molecular flexibility index (Phi) is 5.22. The molecule has 148 valence electrons. The van der Waals surface area contributed by atoms with Crippen molar-refractivity contribution in [2.45, 2.75) is 45.7 Å². The second-order valence-electron chi connectivity index (χ2n) is 7.58. The van der Waals surface area contributed by atoms with E-state index in [-0.39, 0.29) is 0 Å². The van der Waals surface area contributed by atoms with Gasteiger partial charge in [-0.3, -0.25) is 4.90 Å². The van der Waals surface area contributed by atoms with Gasteiger partial charge >= 0.3 is 0 Å². The predicted molar refractivity (Wildman–Crippen MR) is 108 cm³/mol. The molecule has 0 N–H and O–H groups in total. The number of ether oxygens (including phenoxy) is 1. The zero-order valence-electron chi connectivity index (χ0n) is 17.1. The molecule has 0 amide bonds. The molecule has 0 bridgehead atoms. The van der Waals surface area contributed by atoms with Crippen LogP contribution in [-0.2, 0) is 13.6 Å². The lowest BCUT2D eigenvalue weighted by Gasteiger charge is -2.34. The number of hydrogen-bond acceptors (Lipinski definition) is 5. The summed E-state index contributed by atoms with van der Waals surface area (Å²) in [6, 6.07) is 6.35. The summed E-state index contributed by atoms with van der Waals surface area (Å²) in [6.45, 7) is 5.87. The molecule has 1 aliphatic rings. The Labute approximate surface area is 166 Å². The molecule has 0 spiro atoms. The zero-order valence-corrected chi connectivity index (χ0v) is 17.1. The van der Waals surface area contributed by atoms with Crippen molar-refractivity contribution in [2.75, 3.05) is 13.7 Å². The number of aromatic nitrogens is 3. The summed E-state index contributed by atoms with van der Waals surface area (Å²) in [5.41, 5.74) is 3.06. The molecule has 28 heavy (non-hydrogen) atoms. The van der Waals surface area contributed by atoms with Gasteiger partial charge in [0.05, 0.1) is 18.8 Å². The number of nitrogens with zero attached hydrogens (tertiary/aromatic N) is 4. The Balaban J connectivity index is 1.58. The van der Waals surface area contributed by atoms with Crippen LogP contribution in [0, 0.1) is 13.8 Å². The van der Waals surface area contributed by atoms with Crippen molar-refractivity contribution in [2.24, 2.45) is 7.05 Å². The van der Waals surface area contributed by atoms with Crippen molar-refractivity contribution in [1.29, 1.82) is 0 Å². The van der Waals surface area contributed by atoms with E-state index in [1.165, 1.54) is 12.8 Å². The first-order valence-corrected chi connectivity index (χ1v) is 9.89. The van der Waals surface area contributed by atoms with E-state index >= 15 is 0 Å². The number of methoxy groups -OCH3 is 1. The minimum absolute atomic E-state index is 0.330. The monoisotopic (exact) mass is 380 g/mol. The molecule has 6 heteroatoms. The number of piperidine rings is 1. The van der Waals surface area contributed by atoms with Gasteiger partial charge in [-0.25, -0.2) is 9.97 Å². The lowest BCUT2D eigenvalue weighted by molar-refractivity contribution is 0.129. The van der Waals surface area contributed by atoms with Crippen LogP contribution in [-0.4, -0.2) is 33.1 Å². The third kappa shape index (κ3) is 3.56. The molecule has 0 radical (unpaired) electrons. The average Bonchev–Trinajstić information content (AvgIpc) is 3.28. The fourth-order valence-corrected chi connectivity index (χ4v) is 4.07. The van der Waals surface area contributed by atoms with Gasteiger partial charge in [-0.1, -0.05) is 6.42 Å². The van der Waals surface area contributed by atoms with E-state index in [1.54, 1.807) is 7.11 Å². The molecule has 1 fully saturated rings. The topological polar surface area (TPSA) is 56.3 Å². The molecule has 6 nitrogen and oxygen atoms in total. The zero-order chi connectivity index (χ0) is 19.7. The van der Waals surface area contributed by atoms with Crippen LogP contribution in [0.1, 0.15) is 48.1 Å². The van der Waals surface area contributed by atoms with Crippen LogP contribution in [0.2, 0.25) is 0 Å². The summed E-state index contributed by atoms with van der Waals surface area (Å²) in [6.07, 6.45) is 7.48. The second kappa shape index (κ2) is 7.80. The van der Waals surface area contributed by atoms with Gasteiger partial charge in [0.25, 0.3) is 0 Å². The number of aryl methyl sites for hydroxylation is 3. The quantitative estimate of drug-likeness (QED) is 0.655. The van der Waals surface area contributed by atoms with Crippen molar-refractivity contribution in [3.8, 4) is 17.2 Å². The van der Waals surface area contributed by atoms with Gasteiger partial charge in [0.15, 0.2) is 0 Å². The summed E-state index contributed by atoms with van der Waals surface area (Å²) in [5, 5.41) is 0. The van der Waals surface area contributed by atoms with E-state index in [1.807, 2.05) is 38.4 Å². The van der Waals surface area contributed by atoms with E-state index in [0.717, 1.165) is 53.7 Å². The van der Waals surface area contributed by atoms with Crippen LogP contribution in [0.15, 0.2) is 35.0 Å². The van der Waals surface area contributed by atoms with Crippen LogP contribution in [0.25, 0.3) is 11.5 Å². The lowest BCUT2D eigenvalue weighted by atomic mass is 10.0. The van der Waals surface area contributed by atoms with Crippen LogP contribution >= 0.6 is 0 Å². The molecule has 1 unspecified atom stereocenters. The number of benzene rings is 1. The van der Waals surface area contributed by atoms with Crippen LogP contribution in [0.5, 0.6) is 5.75 Å². The summed E-state index contributed by atoms with van der Waals surface area (Å²) >= 11 is 0. The van der Waals surface area contributed by atoms with Crippen molar-refractivity contribution >= 4 is 0 Å². The maximum atomic E-state index is 6.02. The van der Waals surface area contributed by atoms with Crippen molar-refractivity contribution in [1.82, 2.24) is 19.4 Å². The fraction of sp³-hybridized carbons (Fsp3) is 0.455. The molecule has 1 saturated heterocycles. The first-order valence-electron chi connectivity index (χ1n) is 9.89. The van der Waals surface area contributed by atoms with E-state index < -0.39 is 0 Å². The number of rotatable bonds is 5. The molecule has 1 atom stereocenters. The van der Waals surface area contributed by atoms with Crippen LogP contribution < -0.4 is 4.74 Å². The Bertz CT molecular complexity index is 959. The van der Waals surface area contributed by atoms with Gasteiger partial charge in [-0.15, -0.1) is 0 Å². The molecule has 1 aliphatic heterocycles. The third-order valence-corrected chi connectivity index (χ3v) is 5.66.